The van der Waals surface area contributed by atoms with Gasteiger partial charge in [-0.1, -0.05) is 12.1 Å². The lowest BCUT2D eigenvalue weighted by molar-refractivity contribution is 0.0973. The smallest absolute Gasteiger partial charge is 0.261 e. The summed E-state index contributed by atoms with van der Waals surface area (Å²) in [6.45, 7) is 1.91. The molecule has 0 bridgehead atoms. The molecule has 1 unspecified atom stereocenters. The zero-order valence-corrected chi connectivity index (χ0v) is 11.1. The van der Waals surface area contributed by atoms with Crippen molar-refractivity contribution in [3.05, 3.63) is 29.8 Å². The Morgan fingerprint density at radius 1 is 1.50 bits per heavy atom. The van der Waals surface area contributed by atoms with Crippen molar-refractivity contribution in [1.29, 1.82) is 0 Å². The number of thiocarbonyl (C=S) groups is 1. The SMILES string of the molecule is COc1ccccc1C(=O)NC(=S)NCC(C)O. The maximum atomic E-state index is 11.9. The molecule has 0 saturated heterocycles. The summed E-state index contributed by atoms with van der Waals surface area (Å²) in [6.07, 6.45) is -0.536. The first-order valence-corrected chi connectivity index (χ1v) is 5.85. The van der Waals surface area contributed by atoms with Crippen LogP contribution in [0.15, 0.2) is 24.3 Å². The summed E-state index contributed by atoms with van der Waals surface area (Å²) in [6, 6.07) is 6.86. The Bertz CT molecular complexity index is 435. The molecule has 5 nitrogen and oxygen atoms in total. The van der Waals surface area contributed by atoms with Crippen LogP contribution in [0.25, 0.3) is 0 Å². The van der Waals surface area contributed by atoms with Gasteiger partial charge in [-0.3, -0.25) is 10.1 Å². The van der Waals surface area contributed by atoms with Crippen LogP contribution in [0.1, 0.15) is 17.3 Å². The molecule has 0 aromatic heterocycles. The van der Waals surface area contributed by atoms with E-state index in [0.29, 0.717) is 11.3 Å². The van der Waals surface area contributed by atoms with Gasteiger partial charge in [-0.2, -0.15) is 0 Å². The largest absolute Gasteiger partial charge is 0.496 e. The summed E-state index contributed by atoms with van der Waals surface area (Å²) in [5.74, 6) is 0.129. The Hall–Kier alpha value is -1.66. The van der Waals surface area contributed by atoms with E-state index in [0.717, 1.165) is 0 Å². The van der Waals surface area contributed by atoms with Gasteiger partial charge in [0.2, 0.25) is 0 Å². The Labute approximate surface area is 111 Å². The Morgan fingerprint density at radius 3 is 2.78 bits per heavy atom. The molecule has 1 aromatic rings. The number of carbonyl (C=O) groups excluding carboxylic acids is 1. The molecule has 1 amide bonds. The van der Waals surface area contributed by atoms with E-state index in [1.807, 2.05) is 0 Å². The van der Waals surface area contributed by atoms with Crippen molar-refractivity contribution in [3.8, 4) is 5.75 Å². The molecule has 18 heavy (non-hydrogen) atoms. The van der Waals surface area contributed by atoms with Crippen molar-refractivity contribution in [2.24, 2.45) is 0 Å². The van der Waals surface area contributed by atoms with Gasteiger partial charge in [0.05, 0.1) is 18.8 Å². The molecular weight excluding hydrogens is 252 g/mol. The zero-order chi connectivity index (χ0) is 13.5. The fourth-order valence-corrected chi connectivity index (χ4v) is 1.46. The number of carbonyl (C=O) groups is 1. The maximum absolute atomic E-state index is 11.9. The van der Waals surface area contributed by atoms with Crippen LogP contribution in [0.2, 0.25) is 0 Å². The van der Waals surface area contributed by atoms with Crippen molar-refractivity contribution in [3.63, 3.8) is 0 Å². The number of benzene rings is 1. The summed E-state index contributed by atoms with van der Waals surface area (Å²) in [4.78, 5) is 11.9. The molecule has 1 aromatic carbocycles. The summed E-state index contributed by atoms with van der Waals surface area (Å²) >= 11 is 4.93. The van der Waals surface area contributed by atoms with E-state index in [1.165, 1.54) is 7.11 Å². The monoisotopic (exact) mass is 268 g/mol. The maximum Gasteiger partial charge on any atom is 0.261 e. The number of hydrogen-bond acceptors (Lipinski definition) is 4. The molecule has 0 saturated carbocycles. The lowest BCUT2D eigenvalue weighted by atomic mass is 10.2. The molecule has 0 radical (unpaired) electrons. The van der Waals surface area contributed by atoms with Crippen molar-refractivity contribution in [1.82, 2.24) is 10.6 Å². The van der Waals surface area contributed by atoms with E-state index in [9.17, 15) is 4.79 Å². The quantitative estimate of drug-likeness (QED) is 0.701. The fraction of sp³-hybridized carbons (Fsp3) is 0.333. The fourth-order valence-electron chi connectivity index (χ4n) is 1.29. The highest BCUT2D eigenvalue weighted by Gasteiger charge is 2.12. The van der Waals surface area contributed by atoms with Crippen LogP contribution in [0.3, 0.4) is 0 Å². The number of nitrogens with one attached hydrogen (secondary N) is 2. The molecule has 98 valence electrons. The average Bonchev–Trinajstić information content (AvgIpc) is 2.36. The molecule has 0 aliphatic carbocycles. The summed E-state index contributed by atoms with van der Waals surface area (Å²) < 4.78 is 5.08. The second-order valence-electron chi connectivity index (χ2n) is 3.71. The minimum absolute atomic E-state index is 0.173. The Balaban J connectivity index is 2.62. The normalized spacial score (nSPS) is 11.5. The molecule has 3 N–H and O–H groups in total. The molecule has 0 heterocycles. The van der Waals surface area contributed by atoms with E-state index in [1.54, 1.807) is 31.2 Å². The lowest BCUT2D eigenvalue weighted by Crippen LogP contribution is -2.41. The van der Waals surface area contributed by atoms with Gasteiger partial charge in [0.25, 0.3) is 5.91 Å². The predicted octanol–water partition coefficient (Wildman–Crippen LogP) is 0.680. The van der Waals surface area contributed by atoms with Crippen LogP contribution in [0, 0.1) is 0 Å². The summed E-state index contributed by atoms with van der Waals surface area (Å²) in [5, 5.41) is 14.5. The van der Waals surface area contributed by atoms with Gasteiger partial charge in [0, 0.05) is 6.54 Å². The first-order valence-electron chi connectivity index (χ1n) is 5.45. The van der Waals surface area contributed by atoms with Crippen LogP contribution in [0.5, 0.6) is 5.75 Å². The van der Waals surface area contributed by atoms with Gasteiger partial charge < -0.3 is 15.2 Å². The van der Waals surface area contributed by atoms with Gasteiger partial charge in [0.15, 0.2) is 5.11 Å². The van der Waals surface area contributed by atoms with Crippen LogP contribution < -0.4 is 15.4 Å². The van der Waals surface area contributed by atoms with Crippen molar-refractivity contribution in [2.75, 3.05) is 13.7 Å². The Kier molecular flexibility index (Phi) is 5.54. The molecule has 6 heteroatoms. The lowest BCUT2D eigenvalue weighted by Gasteiger charge is -2.12. The van der Waals surface area contributed by atoms with Gasteiger partial charge in [-0.15, -0.1) is 0 Å². The average molecular weight is 268 g/mol. The highest BCUT2D eigenvalue weighted by Crippen LogP contribution is 2.16. The third-order valence-electron chi connectivity index (χ3n) is 2.14. The highest BCUT2D eigenvalue weighted by atomic mass is 32.1. The molecular formula is C12H16N2O3S. The minimum Gasteiger partial charge on any atom is -0.496 e. The predicted molar refractivity (Wildman–Crippen MR) is 72.7 cm³/mol. The second kappa shape index (κ2) is 6.93. The summed E-state index contributed by atoms with van der Waals surface area (Å²) in [5.41, 5.74) is 0.404. The molecule has 1 atom stereocenters. The zero-order valence-electron chi connectivity index (χ0n) is 10.3. The molecule has 0 aliphatic heterocycles. The molecule has 0 spiro atoms. The van der Waals surface area contributed by atoms with Crippen molar-refractivity contribution < 1.29 is 14.6 Å². The second-order valence-corrected chi connectivity index (χ2v) is 4.12. The number of aliphatic hydroxyl groups excluding tert-OH is 1. The van der Waals surface area contributed by atoms with Crippen LogP contribution in [-0.4, -0.2) is 35.9 Å². The third-order valence-corrected chi connectivity index (χ3v) is 2.38. The Morgan fingerprint density at radius 2 is 2.17 bits per heavy atom. The van der Waals surface area contributed by atoms with Crippen LogP contribution in [0.4, 0.5) is 0 Å². The number of ether oxygens (including phenoxy) is 1. The number of amides is 1. The molecule has 1 rings (SSSR count). The van der Waals surface area contributed by atoms with E-state index in [2.05, 4.69) is 10.6 Å². The third kappa shape index (κ3) is 4.31. The van der Waals surface area contributed by atoms with Crippen molar-refractivity contribution >= 4 is 23.2 Å². The van der Waals surface area contributed by atoms with Crippen LogP contribution in [-0.2, 0) is 0 Å². The number of para-hydroxylation sites is 1. The molecule has 0 fully saturated rings. The van der Waals surface area contributed by atoms with Gasteiger partial charge in [0.1, 0.15) is 5.75 Å². The number of hydrogen-bond donors (Lipinski definition) is 3. The minimum atomic E-state index is -0.536. The van der Waals surface area contributed by atoms with E-state index < -0.39 is 6.10 Å². The van der Waals surface area contributed by atoms with Gasteiger partial charge >= 0.3 is 0 Å². The molecule has 0 aliphatic rings. The van der Waals surface area contributed by atoms with Gasteiger partial charge in [-0.05, 0) is 31.3 Å². The first-order chi connectivity index (χ1) is 8.54. The number of methoxy groups -OCH3 is 1. The van der Waals surface area contributed by atoms with Crippen LogP contribution >= 0.6 is 12.2 Å². The van der Waals surface area contributed by atoms with E-state index in [4.69, 9.17) is 22.1 Å². The first kappa shape index (κ1) is 14.4. The van der Waals surface area contributed by atoms with Gasteiger partial charge in [-0.25, -0.2) is 0 Å². The van der Waals surface area contributed by atoms with E-state index in [-0.39, 0.29) is 17.6 Å². The van der Waals surface area contributed by atoms with Crippen molar-refractivity contribution in [2.45, 2.75) is 13.0 Å². The summed E-state index contributed by atoms with van der Waals surface area (Å²) in [7, 11) is 1.50. The topological polar surface area (TPSA) is 70.6 Å². The van der Waals surface area contributed by atoms with E-state index >= 15 is 0 Å². The number of rotatable bonds is 4. The highest BCUT2D eigenvalue weighted by molar-refractivity contribution is 7.80. The number of aliphatic hydroxyl groups is 1. The standard InChI is InChI=1S/C12H16N2O3S/c1-8(15)7-13-12(18)14-11(16)9-5-3-4-6-10(9)17-2/h3-6,8,15H,7H2,1-2H3,(H2,13,14,16,18).